The van der Waals surface area contributed by atoms with Gasteiger partial charge in [-0.3, -0.25) is 29.3 Å². The van der Waals surface area contributed by atoms with Gasteiger partial charge in [-0.1, -0.05) is 87.9 Å². The molecule has 0 aromatic heterocycles. The molecule has 0 fully saturated rings. The van der Waals surface area contributed by atoms with Crippen LogP contribution >= 0.6 is 0 Å². The Labute approximate surface area is 398 Å². The second kappa shape index (κ2) is 25.8. The number of rotatable bonds is 24. The lowest BCUT2D eigenvalue weighted by atomic mass is 9.98. The van der Waals surface area contributed by atoms with Crippen LogP contribution in [0.1, 0.15) is 81.9 Å². The zero-order valence-electron chi connectivity index (χ0n) is 38.5. The Morgan fingerprint density at radius 1 is 0.725 bits per heavy atom. The number of nitrogens with one attached hydrogen (secondary N) is 5. The monoisotopic (exact) mass is 951 g/mol. The number of benzene rings is 4. The molecule has 0 aliphatic heterocycles. The third kappa shape index (κ3) is 15.8. The Morgan fingerprint density at radius 3 is 1.97 bits per heavy atom. The van der Waals surface area contributed by atoms with Gasteiger partial charge in [0.1, 0.15) is 37.1 Å². The number of non-ortho nitro benzene ring substituents is 1. The van der Waals surface area contributed by atoms with Crippen LogP contribution in [-0.2, 0) is 40.0 Å². The predicted octanol–water partition coefficient (Wildman–Crippen LogP) is 6.35. The van der Waals surface area contributed by atoms with Gasteiger partial charge in [0.2, 0.25) is 17.7 Å². The lowest BCUT2D eigenvalue weighted by molar-refractivity contribution is -0.384. The molecule has 1 aliphatic carbocycles. The number of urea groups is 1. The number of ether oxygens (including phenoxy) is 4. The standard InChI is InChI=1S/C49H57N7O13/c1-4-5-27-66-42(57)25-24-41(54-48(62)67-29-39-37-13-8-6-11-35(37)36-12-7-9-14-38(36)39)45(59)55-43(30(2)3)46(60)53-40(15-10-26-51-47(50)61)44(58)52-32-18-16-31(17-19-32)28-68-49(63)69-34-22-20-33(21-23-34)56(64)65/h6-9,11-14,16-23,30,39-41,43H,4-5,10,15,24-29H2,1-3H3,(H,52,58)(H,53,60)(H,54,62)(H,55,59)(H3,50,51,61)/t40-,41-,43-/m0/s1. The molecule has 0 saturated heterocycles. The number of unbranched alkanes of at least 4 members (excludes halogenated alkanes) is 1. The van der Waals surface area contributed by atoms with Crippen LogP contribution in [0, 0.1) is 16.0 Å². The van der Waals surface area contributed by atoms with E-state index in [0.717, 1.165) is 28.7 Å². The molecule has 4 aromatic carbocycles. The Bertz CT molecular complexity index is 2400. The van der Waals surface area contributed by atoms with Gasteiger partial charge >= 0.3 is 24.2 Å². The van der Waals surface area contributed by atoms with Crippen LogP contribution in [0.25, 0.3) is 11.1 Å². The van der Waals surface area contributed by atoms with Crippen molar-refractivity contribution < 1.29 is 57.4 Å². The fourth-order valence-corrected chi connectivity index (χ4v) is 7.37. The fourth-order valence-electron chi connectivity index (χ4n) is 7.37. The highest BCUT2D eigenvalue weighted by atomic mass is 16.7. The number of nitrogens with zero attached hydrogens (tertiary/aromatic N) is 1. The van der Waals surface area contributed by atoms with E-state index >= 15 is 0 Å². The lowest BCUT2D eigenvalue weighted by Gasteiger charge is -2.27. The molecule has 0 spiro atoms. The average molecular weight is 952 g/mol. The number of nitrogens with two attached hydrogens (primary N) is 1. The number of carbonyl (C=O) groups excluding carboxylic acids is 7. The van der Waals surface area contributed by atoms with Crippen molar-refractivity contribution in [2.45, 2.75) is 89.9 Å². The van der Waals surface area contributed by atoms with Crippen molar-refractivity contribution in [3.8, 4) is 16.9 Å². The van der Waals surface area contributed by atoms with Crippen LogP contribution in [0.4, 0.5) is 25.8 Å². The summed E-state index contributed by atoms with van der Waals surface area (Å²) in [6.45, 7) is 5.34. The molecule has 7 N–H and O–H groups in total. The van der Waals surface area contributed by atoms with Crippen molar-refractivity contribution in [1.29, 1.82) is 0 Å². The van der Waals surface area contributed by atoms with Gasteiger partial charge in [0, 0.05) is 36.7 Å². The van der Waals surface area contributed by atoms with Crippen molar-refractivity contribution in [3.63, 3.8) is 0 Å². The number of carbonyl (C=O) groups is 7. The molecule has 0 radical (unpaired) electrons. The van der Waals surface area contributed by atoms with Gasteiger partial charge in [-0.05, 0) is 83.7 Å². The highest BCUT2D eigenvalue weighted by Crippen LogP contribution is 2.44. The molecule has 5 rings (SSSR count). The van der Waals surface area contributed by atoms with Crippen LogP contribution in [0.2, 0.25) is 0 Å². The first-order valence-electron chi connectivity index (χ1n) is 22.5. The van der Waals surface area contributed by atoms with Crippen LogP contribution in [0.15, 0.2) is 97.1 Å². The number of primary amides is 1. The number of nitro groups is 1. The smallest absolute Gasteiger partial charge is 0.466 e. The van der Waals surface area contributed by atoms with Crippen molar-refractivity contribution in [2.75, 3.05) is 25.1 Å². The maximum atomic E-state index is 14.0. The number of esters is 1. The zero-order valence-corrected chi connectivity index (χ0v) is 38.5. The number of anilines is 1. The first-order valence-corrected chi connectivity index (χ1v) is 22.5. The van der Waals surface area contributed by atoms with Gasteiger partial charge in [-0.25, -0.2) is 14.4 Å². The predicted molar refractivity (Wildman–Crippen MR) is 252 cm³/mol. The first kappa shape index (κ1) is 51.9. The van der Waals surface area contributed by atoms with E-state index in [2.05, 4.69) is 26.6 Å². The van der Waals surface area contributed by atoms with E-state index in [9.17, 15) is 43.7 Å². The summed E-state index contributed by atoms with van der Waals surface area (Å²) in [6.07, 6.45) is -0.667. The van der Waals surface area contributed by atoms with Crippen LogP contribution in [-0.4, -0.2) is 84.8 Å². The highest BCUT2D eigenvalue weighted by molar-refractivity contribution is 5.99. The van der Waals surface area contributed by atoms with Crippen molar-refractivity contribution in [2.24, 2.45) is 11.7 Å². The Balaban J connectivity index is 1.22. The molecular formula is C49H57N7O13. The van der Waals surface area contributed by atoms with Crippen molar-refractivity contribution in [1.82, 2.24) is 21.3 Å². The normalized spacial score (nSPS) is 12.8. The summed E-state index contributed by atoms with van der Waals surface area (Å²) in [7, 11) is 0. The number of hydrogen-bond donors (Lipinski definition) is 6. The summed E-state index contributed by atoms with van der Waals surface area (Å²) in [4.78, 5) is 102. The Kier molecular flexibility index (Phi) is 19.4. The Hall–Kier alpha value is -8.03. The minimum absolute atomic E-state index is 0.0333. The molecule has 0 bridgehead atoms. The summed E-state index contributed by atoms with van der Waals surface area (Å²) in [5.74, 6) is -3.47. The van der Waals surface area contributed by atoms with E-state index in [0.29, 0.717) is 17.7 Å². The summed E-state index contributed by atoms with van der Waals surface area (Å²) >= 11 is 0. The molecule has 0 heterocycles. The topological polar surface area (TPSA) is 286 Å². The van der Waals surface area contributed by atoms with E-state index in [-0.39, 0.29) is 69.4 Å². The molecule has 69 heavy (non-hydrogen) atoms. The van der Waals surface area contributed by atoms with Gasteiger partial charge in [0.25, 0.3) is 5.69 Å². The number of hydrogen-bond acceptors (Lipinski definition) is 13. The van der Waals surface area contributed by atoms with Crippen molar-refractivity contribution in [3.05, 3.63) is 124 Å². The molecular weight excluding hydrogens is 895 g/mol. The fraction of sp³-hybridized carbons (Fsp3) is 0.367. The quantitative estimate of drug-likeness (QED) is 0.0112. The zero-order chi connectivity index (χ0) is 49.9. The summed E-state index contributed by atoms with van der Waals surface area (Å²) in [5, 5.41) is 24.0. The lowest BCUT2D eigenvalue weighted by Crippen LogP contribution is -2.58. The van der Waals surface area contributed by atoms with Crippen molar-refractivity contribution >= 4 is 53.3 Å². The van der Waals surface area contributed by atoms with Gasteiger partial charge in [0.15, 0.2) is 0 Å². The second-order valence-electron chi connectivity index (χ2n) is 16.4. The second-order valence-corrected chi connectivity index (χ2v) is 16.4. The largest absolute Gasteiger partial charge is 0.514 e. The third-order valence-electron chi connectivity index (χ3n) is 11.0. The van der Waals surface area contributed by atoms with Gasteiger partial charge in [-0.2, -0.15) is 0 Å². The summed E-state index contributed by atoms with van der Waals surface area (Å²) in [6, 6.07) is 22.2. The number of amides is 6. The minimum atomic E-state index is -1.33. The molecule has 0 saturated carbocycles. The Morgan fingerprint density at radius 2 is 1.36 bits per heavy atom. The van der Waals surface area contributed by atoms with E-state index in [1.165, 1.54) is 36.4 Å². The van der Waals surface area contributed by atoms with Gasteiger partial charge in [0.05, 0.1) is 11.5 Å². The maximum Gasteiger partial charge on any atom is 0.514 e. The number of fused-ring (bicyclic) bond motifs is 3. The van der Waals surface area contributed by atoms with E-state index in [1.807, 2.05) is 55.5 Å². The van der Waals surface area contributed by atoms with E-state index in [4.69, 9.17) is 24.7 Å². The molecule has 20 heteroatoms. The summed E-state index contributed by atoms with van der Waals surface area (Å²) < 4.78 is 21.2. The highest BCUT2D eigenvalue weighted by Gasteiger charge is 2.33. The number of alkyl carbamates (subject to hydrolysis) is 1. The molecule has 1 aliphatic rings. The molecule has 366 valence electrons. The average Bonchev–Trinajstić information content (AvgIpc) is 3.65. The molecule has 0 unspecified atom stereocenters. The van der Waals surface area contributed by atoms with E-state index in [1.54, 1.807) is 26.0 Å². The van der Waals surface area contributed by atoms with Gasteiger partial charge < -0.3 is 51.3 Å². The van der Waals surface area contributed by atoms with Crippen LogP contribution in [0.5, 0.6) is 5.75 Å². The van der Waals surface area contributed by atoms with E-state index < -0.39 is 70.9 Å². The van der Waals surface area contributed by atoms with Crippen LogP contribution < -0.4 is 37.1 Å². The first-order chi connectivity index (χ1) is 33.1. The minimum Gasteiger partial charge on any atom is -0.466 e. The molecule has 4 aromatic rings. The molecule has 20 nitrogen and oxygen atoms in total. The van der Waals surface area contributed by atoms with Crippen LogP contribution in [0.3, 0.4) is 0 Å². The number of nitro benzene ring substituents is 1. The van der Waals surface area contributed by atoms with Gasteiger partial charge in [-0.15, -0.1) is 0 Å². The SMILES string of the molecule is CCCCOC(=O)CC[C@H](NC(=O)OCC1c2ccccc2-c2ccccc21)C(=O)N[C@H](C(=O)N[C@@H](CCCNC(N)=O)C(=O)Nc1ccc(COC(=O)Oc2ccc([N+](=O)[O-])cc2)cc1)C(C)C. The molecule has 6 amide bonds. The summed E-state index contributed by atoms with van der Waals surface area (Å²) in [5.41, 5.74) is 9.91. The third-order valence-corrected chi connectivity index (χ3v) is 11.0. The molecule has 3 atom stereocenters. The maximum absolute atomic E-state index is 14.0.